The molecule has 5 rings (SSSR count). The lowest BCUT2D eigenvalue weighted by atomic mass is 10.1. The van der Waals surface area contributed by atoms with Gasteiger partial charge in [0.1, 0.15) is 11.3 Å². The molecule has 0 saturated carbocycles. The van der Waals surface area contributed by atoms with Crippen molar-refractivity contribution in [1.82, 2.24) is 9.55 Å². The summed E-state index contributed by atoms with van der Waals surface area (Å²) in [7, 11) is 1.58. The molecule has 0 aliphatic heterocycles. The molecule has 0 fully saturated rings. The van der Waals surface area contributed by atoms with Gasteiger partial charge in [-0.1, -0.05) is 53.2 Å². The molecule has 10 heteroatoms. The first-order chi connectivity index (χ1) is 17.9. The van der Waals surface area contributed by atoms with Gasteiger partial charge < -0.3 is 14.5 Å². The Morgan fingerprint density at radius 3 is 2.62 bits per heavy atom. The first-order valence-corrected chi connectivity index (χ1v) is 12.8. The highest BCUT2D eigenvalue weighted by atomic mass is 35.5. The van der Waals surface area contributed by atoms with Crippen LogP contribution >= 0.6 is 35.0 Å². The molecule has 3 aromatic carbocycles. The van der Waals surface area contributed by atoms with Crippen molar-refractivity contribution in [3.8, 4) is 22.7 Å². The molecule has 5 aromatic rings. The zero-order valence-electron chi connectivity index (χ0n) is 19.4. The van der Waals surface area contributed by atoms with Gasteiger partial charge in [0.05, 0.1) is 34.8 Å². The van der Waals surface area contributed by atoms with Gasteiger partial charge in [0.15, 0.2) is 5.16 Å². The van der Waals surface area contributed by atoms with Crippen LogP contribution in [-0.2, 0) is 4.79 Å². The lowest BCUT2D eigenvalue weighted by Crippen LogP contribution is -2.14. The normalized spacial score (nSPS) is 11.0. The van der Waals surface area contributed by atoms with E-state index in [0.717, 1.165) is 5.39 Å². The Bertz CT molecular complexity index is 1670. The molecule has 0 atom stereocenters. The minimum atomic E-state index is -0.514. The summed E-state index contributed by atoms with van der Waals surface area (Å²) < 4.78 is 12.4. The number of carbonyl (C=O) groups excluding carboxylic acids is 1. The van der Waals surface area contributed by atoms with Crippen LogP contribution in [0.25, 0.3) is 27.9 Å². The highest BCUT2D eigenvalue weighted by Crippen LogP contribution is 2.32. The number of nitrogens with zero attached hydrogens (tertiary/aromatic N) is 2. The molecule has 2 heterocycles. The van der Waals surface area contributed by atoms with Gasteiger partial charge in [0.25, 0.3) is 0 Å². The third-order valence-electron chi connectivity index (χ3n) is 5.47. The maximum Gasteiger partial charge on any atom is 0.345 e. The number of imidazole rings is 1. The summed E-state index contributed by atoms with van der Waals surface area (Å²) in [5.41, 5.74) is 1.91. The molecular formula is C27H19Cl2N3O4S. The SMILES string of the molecule is COc1ccc(NC(=O)CSc2nc(-c3cc4ccccc4oc3=O)cn2-c2ccc(Cl)cc2Cl)cc1. The van der Waals surface area contributed by atoms with Crippen LogP contribution in [0.4, 0.5) is 5.69 Å². The number of anilines is 1. The number of fused-ring (bicyclic) bond motifs is 1. The van der Waals surface area contributed by atoms with Crippen LogP contribution in [0.2, 0.25) is 10.0 Å². The predicted octanol–water partition coefficient (Wildman–Crippen LogP) is 6.69. The average Bonchev–Trinajstić information content (AvgIpc) is 3.31. The van der Waals surface area contributed by atoms with Crippen LogP contribution in [0.5, 0.6) is 5.75 Å². The summed E-state index contributed by atoms with van der Waals surface area (Å²) in [5.74, 6) is 0.540. The first kappa shape index (κ1) is 25.0. The summed E-state index contributed by atoms with van der Waals surface area (Å²) >= 11 is 13.8. The molecule has 1 amide bonds. The number of carbonyl (C=O) groups is 1. The van der Waals surface area contributed by atoms with Crippen LogP contribution in [0, 0.1) is 0 Å². The number of amides is 1. The van der Waals surface area contributed by atoms with Crippen molar-refractivity contribution in [3.63, 3.8) is 0 Å². The van der Waals surface area contributed by atoms with Crippen LogP contribution < -0.4 is 15.7 Å². The van der Waals surface area contributed by atoms with Gasteiger partial charge in [0.2, 0.25) is 5.91 Å². The van der Waals surface area contributed by atoms with E-state index in [2.05, 4.69) is 10.3 Å². The number of ether oxygens (including phenoxy) is 1. The van der Waals surface area contributed by atoms with Gasteiger partial charge in [-0.05, 0) is 54.6 Å². The maximum atomic E-state index is 12.8. The first-order valence-electron chi connectivity index (χ1n) is 11.1. The van der Waals surface area contributed by atoms with Crippen molar-refractivity contribution in [2.75, 3.05) is 18.2 Å². The molecule has 0 saturated heterocycles. The molecule has 0 aliphatic rings. The molecule has 0 aliphatic carbocycles. The molecule has 2 aromatic heterocycles. The van der Waals surface area contributed by atoms with E-state index in [1.807, 2.05) is 12.1 Å². The van der Waals surface area contributed by atoms with E-state index in [1.54, 1.807) is 78.5 Å². The van der Waals surface area contributed by atoms with Gasteiger partial charge in [-0.2, -0.15) is 0 Å². The van der Waals surface area contributed by atoms with Gasteiger partial charge >= 0.3 is 5.63 Å². The number of thioether (sulfide) groups is 1. The molecular weight excluding hydrogens is 533 g/mol. The zero-order chi connectivity index (χ0) is 25.9. The standard InChI is InChI=1S/C27H19Cl2N3O4S/c1-35-19-9-7-18(8-10-19)30-25(33)15-37-27-31-22(14-32(27)23-11-6-17(28)13-21(23)29)20-12-16-4-2-3-5-24(16)36-26(20)34/h2-14H,15H2,1H3,(H,30,33). The van der Waals surface area contributed by atoms with Crippen molar-refractivity contribution < 1.29 is 13.9 Å². The fraction of sp³-hybridized carbons (Fsp3) is 0.0741. The number of rotatable bonds is 7. The van der Waals surface area contributed by atoms with Crippen LogP contribution in [0.1, 0.15) is 0 Å². The maximum absolute atomic E-state index is 12.8. The van der Waals surface area contributed by atoms with Crippen LogP contribution in [0.3, 0.4) is 0 Å². The summed E-state index contributed by atoms with van der Waals surface area (Å²) in [6.07, 6.45) is 1.69. The fourth-order valence-corrected chi connectivity index (χ4v) is 4.97. The van der Waals surface area contributed by atoms with Crippen molar-refractivity contribution >= 4 is 57.5 Å². The Morgan fingerprint density at radius 2 is 1.86 bits per heavy atom. The molecule has 1 N–H and O–H groups in total. The second-order valence-corrected chi connectivity index (χ2v) is 9.71. The number of para-hydroxylation sites is 1. The number of nitrogens with one attached hydrogen (secondary N) is 1. The minimum Gasteiger partial charge on any atom is -0.497 e. The van der Waals surface area contributed by atoms with Crippen molar-refractivity contribution in [2.24, 2.45) is 0 Å². The van der Waals surface area contributed by atoms with Gasteiger partial charge in [0, 0.05) is 22.3 Å². The molecule has 0 radical (unpaired) electrons. The molecule has 0 unspecified atom stereocenters. The monoisotopic (exact) mass is 551 g/mol. The van der Waals surface area contributed by atoms with Crippen molar-refractivity contribution in [1.29, 1.82) is 0 Å². The third-order valence-corrected chi connectivity index (χ3v) is 6.96. The largest absolute Gasteiger partial charge is 0.497 e. The van der Waals surface area contributed by atoms with E-state index in [-0.39, 0.29) is 11.7 Å². The smallest absolute Gasteiger partial charge is 0.345 e. The van der Waals surface area contributed by atoms with Crippen molar-refractivity contribution in [3.05, 3.63) is 99.5 Å². The summed E-state index contributed by atoms with van der Waals surface area (Å²) in [6.45, 7) is 0. The number of hydrogen-bond acceptors (Lipinski definition) is 6. The number of hydrogen-bond donors (Lipinski definition) is 1. The number of benzene rings is 3. The molecule has 186 valence electrons. The van der Waals surface area contributed by atoms with E-state index in [1.165, 1.54) is 11.8 Å². The van der Waals surface area contributed by atoms with E-state index in [9.17, 15) is 9.59 Å². The Balaban J connectivity index is 1.47. The molecule has 0 spiro atoms. The van der Waals surface area contributed by atoms with Crippen LogP contribution in [-0.4, -0.2) is 28.3 Å². The quantitative estimate of drug-likeness (QED) is 0.179. The van der Waals surface area contributed by atoms with Gasteiger partial charge in [-0.15, -0.1) is 0 Å². The molecule has 37 heavy (non-hydrogen) atoms. The summed E-state index contributed by atoms with van der Waals surface area (Å²) in [4.78, 5) is 30.1. The highest BCUT2D eigenvalue weighted by Gasteiger charge is 2.18. The van der Waals surface area contributed by atoms with Gasteiger partial charge in [-0.25, -0.2) is 9.78 Å². The third kappa shape index (κ3) is 5.51. The van der Waals surface area contributed by atoms with Crippen LogP contribution in [0.15, 0.2) is 93.4 Å². The molecule has 7 nitrogen and oxygen atoms in total. The number of halogens is 2. The second kappa shape index (κ2) is 10.7. The lowest BCUT2D eigenvalue weighted by Gasteiger charge is -2.10. The number of aromatic nitrogens is 2. The van der Waals surface area contributed by atoms with E-state index in [0.29, 0.717) is 49.2 Å². The highest BCUT2D eigenvalue weighted by molar-refractivity contribution is 7.99. The Hall–Kier alpha value is -3.72. The van der Waals surface area contributed by atoms with E-state index >= 15 is 0 Å². The lowest BCUT2D eigenvalue weighted by molar-refractivity contribution is -0.113. The zero-order valence-corrected chi connectivity index (χ0v) is 21.7. The Morgan fingerprint density at radius 1 is 1.08 bits per heavy atom. The van der Waals surface area contributed by atoms with E-state index in [4.69, 9.17) is 32.4 Å². The van der Waals surface area contributed by atoms with Crippen molar-refractivity contribution in [2.45, 2.75) is 5.16 Å². The fourth-order valence-electron chi connectivity index (χ4n) is 3.69. The predicted molar refractivity (Wildman–Crippen MR) is 147 cm³/mol. The Labute approximate surface area is 226 Å². The summed E-state index contributed by atoms with van der Waals surface area (Å²) in [5, 5.41) is 4.96. The average molecular weight is 552 g/mol. The van der Waals surface area contributed by atoms with E-state index < -0.39 is 5.63 Å². The second-order valence-electron chi connectivity index (χ2n) is 7.93. The number of methoxy groups -OCH3 is 1. The Kier molecular flexibility index (Phi) is 7.23. The molecule has 0 bridgehead atoms. The topological polar surface area (TPSA) is 86.4 Å². The summed E-state index contributed by atoms with van der Waals surface area (Å²) in [6, 6.07) is 21.1. The van der Waals surface area contributed by atoms with Gasteiger partial charge in [-0.3, -0.25) is 9.36 Å². The minimum absolute atomic E-state index is 0.0695.